The minimum Gasteiger partial charge on any atom is -0.297 e. The molecule has 2 N–H and O–H groups in total. The molecule has 1 heterocycles. The van der Waals surface area contributed by atoms with Crippen molar-refractivity contribution in [2.75, 3.05) is 0 Å². The Kier molecular flexibility index (Phi) is 2.10. The van der Waals surface area contributed by atoms with E-state index < -0.39 is 0 Å². The molecule has 0 saturated heterocycles. The first-order valence-electron chi connectivity index (χ1n) is 2.43. The maximum atomic E-state index is 4.81. The third-order valence-electron chi connectivity index (χ3n) is 0.775. The molecule has 0 aliphatic rings. The van der Waals surface area contributed by atoms with Gasteiger partial charge in [0.15, 0.2) is 0 Å². The van der Waals surface area contributed by atoms with E-state index in [0.29, 0.717) is 6.61 Å². The Morgan fingerprint density at radius 1 is 1.67 bits per heavy atom. The minimum absolute atomic E-state index is 0.353. The first-order valence-corrected chi connectivity index (χ1v) is 3.25. The maximum Gasteiger partial charge on any atom is 0.145 e. The average Bonchev–Trinajstić information content (AvgIpc) is 2.17. The van der Waals surface area contributed by atoms with Crippen LogP contribution in [0.15, 0.2) is 0 Å². The van der Waals surface area contributed by atoms with Crippen molar-refractivity contribution in [1.82, 2.24) is 10.2 Å². The number of aromatic nitrogens is 2. The lowest BCUT2D eigenvalue weighted by Crippen LogP contribution is -1.97. The van der Waals surface area contributed by atoms with Gasteiger partial charge in [-0.2, -0.15) is 0 Å². The fraction of sp³-hybridized carbons (Fsp3) is 0.500. The van der Waals surface area contributed by atoms with E-state index in [-0.39, 0.29) is 0 Å². The van der Waals surface area contributed by atoms with Crippen molar-refractivity contribution in [2.24, 2.45) is 5.90 Å². The van der Waals surface area contributed by atoms with Gasteiger partial charge in [-0.1, -0.05) is 11.3 Å². The topological polar surface area (TPSA) is 61.0 Å². The van der Waals surface area contributed by atoms with Crippen LogP contribution < -0.4 is 5.90 Å². The summed E-state index contributed by atoms with van der Waals surface area (Å²) in [5.74, 6) is 4.81. The van der Waals surface area contributed by atoms with Gasteiger partial charge >= 0.3 is 0 Å². The van der Waals surface area contributed by atoms with Gasteiger partial charge in [-0.05, 0) is 6.92 Å². The highest BCUT2D eigenvalue weighted by molar-refractivity contribution is 7.11. The van der Waals surface area contributed by atoms with Gasteiger partial charge in [-0.15, -0.1) is 10.2 Å². The monoisotopic (exact) mass is 145 g/mol. The molecule has 0 radical (unpaired) electrons. The predicted octanol–water partition coefficient (Wildman–Crippen LogP) is 0.237. The molecule has 0 aromatic carbocycles. The Bertz CT molecular complexity index is 188. The quantitative estimate of drug-likeness (QED) is 0.605. The van der Waals surface area contributed by atoms with Crippen molar-refractivity contribution in [3.8, 4) is 0 Å². The van der Waals surface area contributed by atoms with Crippen LogP contribution in [0, 0.1) is 6.92 Å². The summed E-state index contributed by atoms with van der Waals surface area (Å²) in [6.45, 7) is 2.24. The van der Waals surface area contributed by atoms with E-state index in [4.69, 9.17) is 5.90 Å². The van der Waals surface area contributed by atoms with Crippen molar-refractivity contribution >= 4 is 11.3 Å². The van der Waals surface area contributed by atoms with Gasteiger partial charge in [0.1, 0.15) is 16.6 Å². The molecular weight excluding hydrogens is 138 g/mol. The molecule has 5 heteroatoms. The van der Waals surface area contributed by atoms with Crippen LogP contribution in [0.5, 0.6) is 0 Å². The average molecular weight is 145 g/mol. The Morgan fingerprint density at radius 3 is 2.89 bits per heavy atom. The molecule has 4 nitrogen and oxygen atoms in total. The lowest BCUT2D eigenvalue weighted by atomic mass is 10.8. The zero-order chi connectivity index (χ0) is 6.69. The summed E-state index contributed by atoms with van der Waals surface area (Å²) >= 11 is 1.49. The molecule has 0 bridgehead atoms. The second-order valence-corrected chi connectivity index (χ2v) is 2.79. The number of nitrogens with zero attached hydrogens (tertiary/aromatic N) is 2. The number of hydrogen-bond donors (Lipinski definition) is 1. The van der Waals surface area contributed by atoms with Crippen LogP contribution in [-0.4, -0.2) is 10.2 Å². The summed E-state index contributed by atoms with van der Waals surface area (Å²) in [4.78, 5) is 4.35. The van der Waals surface area contributed by atoms with Crippen molar-refractivity contribution in [3.05, 3.63) is 10.0 Å². The molecule has 0 spiro atoms. The molecule has 0 aliphatic heterocycles. The highest BCUT2D eigenvalue weighted by atomic mass is 32.1. The molecule has 0 fully saturated rings. The van der Waals surface area contributed by atoms with Crippen molar-refractivity contribution in [2.45, 2.75) is 13.5 Å². The Balaban J connectivity index is 2.61. The van der Waals surface area contributed by atoms with Crippen LogP contribution in [-0.2, 0) is 11.4 Å². The van der Waals surface area contributed by atoms with Gasteiger partial charge < -0.3 is 0 Å². The number of rotatable bonds is 2. The molecule has 9 heavy (non-hydrogen) atoms. The van der Waals surface area contributed by atoms with Crippen LogP contribution in [0.2, 0.25) is 0 Å². The zero-order valence-electron chi connectivity index (χ0n) is 5.00. The largest absolute Gasteiger partial charge is 0.297 e. The molecule has 0 unspecified atom stereocenters. The van der Waals surface area contributed by atoms with E-state index in [9.17, 15) is 0 Å². The summed E-state index contributed by atoms with van der Waals surface area (Å²) in [7, 11) is 0. The molecule has 1 rings (SSSR count). The lowest BCUT2D eigenvalue weighted by Gasteiger charge is -1.85. The van der Waals surface area contributed by atoms with E-state index in [1.807, 2.05) is 6.92 Å². The summed E-state index contributed by atoms with van der Waals surface area (Å²) in [5, 5.41) is 9.28. The molecule has 0 atom stereocenters. The van der Waals surface area contributed by atoms with Gasteiger partial charge in [-0.25, -0.2) is 5.90 Å². The van der Waals surface area contributed by atoms with Crippen LogP contribution in [0.25, 0.3) is 0 Å². The highest BCUT2D eigenvalue weighted by Crippen LogP contribution is 2.07. The van der Waals surface area contributed by atoms with Gasteiger partial charge in [0.25, 0.3) is 0 Å². The summed E-state index contributed by atoms with van der Waals surface area (Å²) < 4.78 is 0. The highest BCUT2D eigenvalue weighted by Gasteiger charge is 1.97. The first-order chi connectivity index (χ1) is 4.33. The van der Waals surface area contributed by atoms with Crippen LogP contribution >= 0.6 is 11.3 Å². The number of aryl methyl sites for hydroxylation is 1. The second kappa shape index (κ2) is 2.86. The predicted molar refractivity (Wildman–Crippen MR) is 33.6 cm³/mol. The summed E-state index contributed by atoms with van der Waals surface area (Å²) in [6.07, 6.45) is 0. The molecular formula is C4H7N3OS. The number of nitrogens with two attached hydrogens (primary N) is 1. The number of hydrogen-bond acceptors (Lipinski definition) is 5. The van der Waals surface area contributed by atoms with E-state index in [1.54, 1.807) is 0 Å². The Hall–Kier alpha value is -0.520. The second-order valence-electron chi connectivity index (χ2n) is 1.53. The fourth-order valence-electron chi connectivity index (χ4n) is 0.467. The van der Waals surface area contributed by atoms with Crippen molar-refractivity contribution < 1.29 is 4.84 Å². The minimum atomic E-state index is 0.353. The van der Waals surface area contributed by atoms with Gasteiger partial charge in [0.05, 0.1) is 0 Å². The molecule has 0 saturated carbocycles. The summed E-state index contributed by atoms with van der Waals surface area (Å²) in [6, 6.07) is 0. The van der Waals surface area contributed by atoms with Crippen molar-refractivity contribution in [3.63, 3.8) is 0 Å². The van der Waals surface area contributed by atoms with Crippen molar-refractivity contribution in [1.29, 1.82) is 0 Å². The molecule has 0 aliphatic carbocycles. The maximum absolute atomic E-state index is 4.81. The fourth-order valence-corrected chi connectivity index (χ4v) is 1.10. The van der Waals surface area contributed by atoms with Gasteiger partial charge in [-0.3, -0.25) is 4.84 Å². The Labute approximate surface area is 56.6 Å². The standard InChI is InChI=1S/C4H7N3OS/c1-3-6-7-4(9-3)2-8-5/h2,5H2,1H3. The lowest BCUT2D eigenvalue weighted by molar-refractivity contribution is 0.123. The van der Waals surface area contributed by atoms with E-state index >= 15 is 0 Å². The SMILES string of the molecule is Cc1nnc(CON)s1. The molecule has 50 valence electrons. The third kappa shape index (κ3) is 1.70. The van der Waals surface area contributed by atoms with E-state index in [1.165, 1.54) is 11.3 Å². The van der Waals surface area contributed by atoms with E-state index in [2.05, 4.69) is 15.0 Å². The molecule has 1 aromatic rings. The Morgan fingerprint density at radius 2 is 2.44 bits per heavy atom. The van der Waals surface area contributed by atoms with Gasteiger partial charge in [0.2, 0.25) is 0 Å². The third-order valence-corrected chi connectivity index (χ3v) is 1.59. The van der Waals surface area contributed by atoms with Crippen LogP contribution in [0.3, 0.4) is 0 Å². The zero-order valence-corrected chi connectivity index (χ0v) is 5.81. The van der Waals surface area contributed by atoms with Crippen LogP contribution in [0.1, 0.15) is 10.0 Å². The normalized spacial score (nSPS) is 10.0. The van der Waals surface area contributed by atoms with Gasteiger partial charge in [0, 0.05) is 0 Å². The van der Waals surface area contributed by atoms with Crippen LogP contribution in [0.4, 0.5) is 0 Å². The molecule has 1 aromatic heterocycles. The summed E-state index contributed by atoms with van der Waals surface area (Å²) in [5.41, 5.74) is 0. The smallest absolute Gasteiger partial charge is 0.145 e. The first kappa shape index (κ1) is 6.60. The molecule has 0 amide bonds. The van der Waals surface area contributed by atoms with E-state index in [0.717, 1.165) is 10.0 Å².